The number of carbonyl (C=O) groups is 1. The van der Waals surface area contributed by atoms with E-state index in [1.807, 2.05) is 0 Å². The molecular formula is C28H25FN6O5. The van der Waals surface area contributed by atoms with Crippen molar-refractivity contribution in [2.24, 2.45) is 0 Å². The predicted octanol–water partition coefficient (Wildman–Crippen LogP) is 3.48. The standard InChI is InChI=1S/C28H25FN6O5/c1-18-14-24(32-40-18)39-22-8-2-19(3-9-22)26(36)33-12-10-28(38,11-13-33)16-34-17-30-25-23(27(34)37)15-31-35(25)21-6-4-20(29)5-7-21/h2-9,14-15,17,38H,10-13,16H2,1H3. The van der Waals surface area contributed by atoms with E-state index >= 15 is 0 Å². The number of benzene rings is 2. The Morgan fingerprint density at radius 3 is 2.52 bits per heavy atom. The fourth-order valence-corrected chi connectivity index (χ4v) is 4.79. The molecule has 4 heterocycles. The summed E-state index contributed by atoms with van der Waals surface area (Å²) < 4.78 is 26.7. The zero-order valence-corrected chi connectivity index (χ0v) is 21.5. The Balaban J connectivity index is 1.11. The van der Waals surface area contributed by atoms with Gasteiger partial charge in [-0.1, -0.05) is 0 Å². The van der Waals surface area contributed by atoms with Crippen molar-refractivity contribution >= 4 is 16.9 Å². The number of piperidine rings is 1. The van der Waals surface area contributed by atoms with Crippen LogP contribution in [0.5, 0.6) is 11.6 Å². The van der Waals surface area contributed by atoms with Crippen molar-refractivity contribution in [2.45, 2.75) is 31.9 Å². The van der Waals surface area contributed by atoms with Crippen molar-refractivity contribution < 1.29 is 23.6 Å². The van der Waals surface area contributed by atoms with Gasteiger partial charge in [-0.2, -0.15) is 5.10 Å². The molecule has 6 rings (SSSR count). The Labute approximate surface area is 227 Å². The molecule has 0 aliphatic carbocycles. The van der Waals surface area contributed by atoms with Gasteiger partial charge in [0, 0.05) is 24.7 Å². The van der Waals surface area contributed by atoms with Crippen LogP contribution < -0.4 is 10.3 Å². The highest BCUT2D eigenvalue weighted by molar-refractivity contribution is 5.94. The number of rotatable bonds is 6. The molecule has 1 fully saturated rings. The number of aliphatic hydroxyl groups is 1. The topological polar surface area (TPSA) is 129 Å². The average Bonchev–Trinajstić information content (AvgIpc) is 3.57. The smallest absolute Gasteiger partial charge is 0.264 e. The number of amides is 1. The van der Waals surface area contributed by atoms with Crippen molar-refractivity contribution in [3.63, 3.8) is 0 Å². The van der Waals surface area contributed by atoms with Crippen LogP contribution in [0.15, 0.2) is 76.4 Å². The second kappa shape index (κ2) is 10.0. The molecule has 2 aromatic carbocycles. The Morgan fingerprint density at radius 2 is 1.85 bits per heavy atom. The molecule has 1 amide bonds. The van der Waals surface area contributed by atoms with Crippen LogP contribution in [0.1, 0.15) is 29.0 Å². The lowest BCUT2D eigenvalue weighted by Crippen LogP contribution is -2.49. The van der Waals surface area contributed by atoms with Crippen molar-refractivity contribution in [1.29, 1.82) is 0 Å². The summed E-state index contributed by atoms with van der Waals surface area (Å²) in [5.74, 6) is 0.961. The summed E-state index contributed by atoms with van der Waals surface area (Å²) in [7, 11) is 0. The van der Waals surface area contributed by atoms with Crippen molar-refractivity contribution in [3.8, 4) is 17.3 Å². The summed E-state index contributed by atoms with van der Waals surface area (Å²) in [6.07, 6.45) is 3.39. The van der Waals surface area contributed by atoms with Crippen LogP contribution in [0.25, 0.3) is 16.7 Å². The van der Waals surface area contributed by atoms with Gasteiger partial charge < -0.3 is 19.3 Å². The van der Waals surface area contributed by atoms with E-state index in [1.54, 1.807) is 54.3 Å². The van der Waals surface area contributed by atoms with Gasteiger partial charge in [-0.05, 0) is 73.5 Å². The Morgan fingerprint density at radius 1 is 1.12 bits per heavy atom. The fraction of sp³-hybridized carbons (Fsp3) is 0.250. The zero-order chi connectivity index (χ0) is 27.9. The highest BCUT2D eigenvalue weighted by Crippen LogP contribution is 2.26. The minimum Gasteiger partial charge on any atom is -0.436 e. The first-order valence-corrected chi connectivity index (χ1v) is 12.7. The number of hydrogen-bond acceptors (Lipinski definition) is 8. The van der Waals surface area contributed by atoms with E-state index in [1.165, 1.54) is 33.9 Å². The first-order valence-electron chi connectivity index (χ1n) is 12.7. The maximum Gasteiger partial charge on any atom is 0.264 e. The second-order valence-electron chi connectivity index (χ2n) is 9.87. The highest BCUT2D eigenvalue weighted by Gasteiger charge is 2.35. The van der Waals surface area contributed by atoms with Gasteiger partial charge in [0.1, 0.15) is 29.0 Å². The average molecular weight is 545 g/mol. The number of halogens is 1. The highest BCUT2D eigenvalue weighted by atomic mass is 19.1. The quantitative estimate of drug-likeness (QED) is 0.344. The molecule has 204 valence electrons. The minimum absolute atomic E-state index is 0.0338. The van der Waals surface area contributed by atoms with E-state index in [-0.39, 0.29) is 29.2 Å². The van der Waals surface area contributed by atoms with Gasteiger partial charge in [-0.3, -0.25) is 14.2 Å². The third-order valence-corrected chi connectivity index (χ3v) is 7.00. The Kier molecular flexibility index (Phi) is 6.39. The van der Waals surface area contributed by atoms with E-state index in [0.29, 0.717) is 60.2 Å². The van der Waals surface area contributed by atoms with E-state index in [4.69, 9.17) is 9.26 Å². The SMILES string of the molecule is Cc1cc(Oc2ccc(C(=O)N3CCC(O)(Cn4cnc5c(cnn5-c5ccc(F)cc5)c4=O)CC3)cc2)no1. The summed E-state index contributed by atoms with van der Waals surface area (Å²) >= 11 is 0. The first kappa shape index (κ1) is 25.4. The maximum atomic E-state index is 13.3. The van der Waals surface area contributed by atoms with Gasteiger partial charge >= 0.3 is 0 Å². The normalized spacial score (nSPS) is 14.9. The van der Waals surface area contributed by atoms with Gasteiger partial charge in [-0.15, -0.1) is 0 Å². The van der Waals surface area contributed by atoms with Gasteiger partial charge in [-0.25, -0.2) is 14.1 Å². The molecule has 0 atom stereocenters. The van der Waals surface area contributed by atoms with E-state index in [2.05, 4.69) is 15.2 Å². The van der Waals surface area contributed by atoms with Gasteiger partial charge in [0.25, 0.3) is 17.3 Å². The lowest BCUT2D eigenvalue weighted by Gasteiger charge is -2.38. The number of hydrogen-bond donors (Lipinski definition) is 1. The van der Waals surface area contributed by atoms with Crippen LogP contribution in [0.2, 0.25) is 0 Å². The minimum atomic E-state index is -1.18. The molecule has 0 bridgehead atoms. The Hall–Kier alpha value is -4.84. The third-order valence-electron chi connectivity index (χ3n) is 7.00. The zero-order valence-electron chi connectivity index (χ0n) is 21.5. The van der Waals surface area contributed by atoms with E-state index < -0.39 is 5.60 Å². The predicted molar refractivity (Wildman–Crippen MR) is 141 cm³/mol. The molecule has 12 heteroatoms. The lowest BCUT2D eigenvalue weighted by molar-refractivity contribution is -0.0299. The fourth-order valence-electron chi connectivity index (χ4n) is 4.79. The molecular weight excluding hydrogens is 519 g/mol. The summed E-state index contributed by atoms with van der Waals surface area (Å²) in [5, 5.41) is 19.6. The summed E-state index contributed by atoms with van der Waals surface area (Å²) in [6.45, 7) is 2.46. The molecule has 5 aromatic rings. The summed E-state index contributed by atoms with van der Waals surface area (Å²) in [5.41, 5.74) is -0.112. The third kappa shape index (κ3) is 4.96. The number of likely N-dealkylation sites (tertiary alicyclic amines) is 1. The van der Waals surface area contributed by atoms with Crippen LogP contribution >= 0.6 is 0 Å². The molecule has 0 saturated carbocycles. The number of carbonyl (C=O) groups excluding carboxylic acids is 1. The Bertz CT molecular complexity index is 1730. The molecule has 0 spiro atoms. The lowest BCUT2D eigenvalue weighted by atomic mass is 9.91. The molecule has 0 unspecified atom stereocenters. The number of fused-ring (bicyclic) bond motifs is 1. The number of ether oxygens (including phenoxy) is 1. The molecule has 1 saturated heterocycles. The van der Waals surface area contributed by atoms with E-state index in [0.717, 1.165) is 0 Å². The van der Waals surface area contributed by atoms with Crippen LogP contribution in [-0.2, 0) is 6.54 Å². The number of nitrogens with zero attached hydrogens (tertiary/aromatic N) is 6. The summed E-state index contributed by atoms with van der Waals surface area (Å²) in [6, 6.07) is 14.1. The van der Waals surface area contributed by atoms with Crippen LogP contribution in [0.4, 0.5) is 4.39 Å². The van der Waals surface area contributed by atoms with Gasteiger partial charge in [0.15, 0.2) is 5.65 Å². The molecule has 0 radical (unpaired) electrons. The van der Waals surface area contributed by atoms with E-state index in [9.17, 15) is 19.1 Å². The second-order valence-corrected chi connectivity index (χ2v) is 9.87. The molecule has 11 nitrogen and oxygen atoms in total. The monoisotopic (exact) mass is 544 g/mol. The van der Waals surface area contributed by atoms with Crippen molar-refractivity contribution in [1.82, 2.24) is 29.4 Å². The molecule has 1 aliphatic heterocycles. The molecule has 3 aromatic heterocycles. The van der Waals surface area contributed by atoms with Crippen LogP contribution in [0, 0.1) is 12.7 Å². The van der Waals surface area contributed by atoms with Gasteiger partial charge in [0.05, 0.1) is 24.0 Å². The number of aromatic nitrogens is 5. The number of aryl methyl sites for hydroxylation is 1. The van der Waals surface area contributed by atoms with Gasteiger partial charge in [0.2, 0.25) is 0 Å². The van der Waals surface area contributed by atoms with Crippen molar-refractivity contribution in [2.75, 3.05) is 13.1 Å². The molecule has 1 N–H and O–H groups in total. The van der Waals surface area contributed by atoms with Crippen LogP contribution in [-0.4, -0.2) is 59.1 Å². The van der Waals surface area contributed by atoms with Crippen molar-refractivity contribution in [3.05, 3.63) is 94.6 Å². The molecule has 40 heavy (non-hydrogen) atoms. The van der Waals surface area contributed by atoms with Crippen LogP contribution in [0.3, 0.4) is 0 Å². The largest absolute Gasteiger partial charge is 0.436 e. The summed E-state index contributed by atoms with van der Waals surface area (Å²) in [4.78, 5) is 32.3. The maximum absolute atomic E-state index is 13.3. The first-order chi connectivity index (χ1) is 19.3. The molecule has 1 aliphatic rings.